The summed E-state index contributed by atoms with van der Waals surface area (Å²) in [6, 6.07) is 5.88. The highest BCUT2D eigenvalue weighted by molar-refractivity contribution is 5.97. The van der Waals surface area contributed by atoms with Crippen LogP contribution in [0.1, 0.15) is 30.9 Å². The zero-order chi connectivity index (χ0) is 18.4. The molecule has 0 radical (unpaired) electrons. The fraction of sp³-hybridized carbons (Fsp3) is 0.579. The number of benzene rings is 1. The number of likely N-dealkylation sites (N-methyl/N-ethyl adjacent to an activating group) is 1. The van der Waals surface area contributed by atoms with Crippen LogP contribution in [0.4, 0.5) is 5.69 Å². The Labute approximate surface area is 149 Å². The maximum Gasteiger partial charge on any atom is 0.255 e. The van der Waals surface area contributed by atoms with Crippen LogP contribution < -0.4 is 10.6 Å². The number of aryl methyl sites for hydroxylation is 2. The Balaban J connectivity index is 2.08. The van der Waals surface area contributed by atoms with E-state index in [1.807, 2.05) is 39.0 Å². The molecule has 1 aliphatic rings. The number of methoxy groups -OCH3 is 1. The third-order valence-electron chi connectivity index (χ3n) is 4.94. The van der Waals surface area contributed by atoms with Gasteiger partial charge in [-0.3, -0.25) is 9.59 Å². The number of hydrogen-bond donors (Lipinski definition) is 2. The number of rotatable bonds is 6. The molecule has 0 aliphatic carbocycles. The smallest absolute Gasteiger partial charge is 0.255 e. The molecule has 1 aliphatic heterocycles. The molecule has 0 atom stereocenters. The number of para-hydroxylation sites is 1. The Morgan fingerprint density at radius 2 is 1.84 bits per heavy atom. The number of amides is 2. The third kappa shape index (κ3) is 4.38. The summed E-state index contributed by atoms with van der Waals surface area (Å²) in [6.07, 6.45) is 1.24. The lowest BCUT2D eigenvalue weighted by atomic mass is 9.90. The van der Waals surface area contributed by atoms with E-state index in [4.69, 9.17) is 4.74 Å². The summed E-state index contributed by atoms with van der Waals surface area (Å²) in [5.74, 6) is -0.288. The molecule has 0 unspecified atom stereocenters. The molecule has 1 heterocycles. The van der Waals surface area contributed by atoms with Crippen molar-refractivity contribution in [3.8, 4) is 0 Å². The number of hydrogen-bond acceptors (Lipinski definition) is 4. The topological polar surface area (TPSA) is 70.7 Å². The summed E-state index contributed by atoms with van der Waals surface area (Å²) in [7, 11) is 1.58. The van der Waals surface area contributed by atoms with Crippen LogP contribution in [0.3, 0.4) is 0 Å². The highest BCUT2D eigenvalue weighted by Gasteiger charge is 2.42. The van der Waals surface area contributed by atoms with E-state index < -0.39 is 5.60 Å². The Morgan fingerprint density at radius 3 is 2.36 bits per heavy atom. The summed E-state index contributed by atoms with van der Waals surface area (Å²) < 4.78 is 5.60. The van der Waals surface area contributed by atoms with Gasteiger partial charge in [-0.05, 0) is 57.8 Å². The number of nitrogens with one attached hydrogen (secondary N) is 2. The molecular weight excluding hydrogens is 318 g/mol. The van der Waals surface area contributed by atoms with Crippen LogP contribution in [-0.2, 0) is 14.3 Å². The van der Waals surface area contributed by atoms with Gasteiger partial charge in [-0.25, -0.2) is 0 Å². The van der Waals surface area contributed by atoms with Crippen LogP contribution in [0, 0.1) is 13.8 Å². The first-order valence-corrected chi connectivity index (χ1v) is 8.85. The number of anilines is 1. The lowest BCUT2D eigenvalue weighted by molar-refractivity contribution is -0.159. The minimum Gasteiger partial charge on any atom is -0.368 e. The van der Waals surface area contributed by atoms with E-state index in [-0.39, 0.29) is 18.4 Å². The van der Waals surface area contributed by atoms with Gasteiger partial charge in [0.1, 0.15) is 5.60 Å². The van der Waals surface area contributed by atoms with Crippen molar-refractivity contribution in [3.63, 3.8) is 0 Å². The van der Waals surface area contributed by atoms with E-state index in [1.54, 1.807) is 12.0 Å². The summed E-state index contributed by atoms with van der Waals surface area (Å²) in [6.45, 7) is 7.78. The number of piperidine rings is 1. The molecular formula is C19H29N3O3. The van der Waals surface area contributed by atoms with Crippen molar-refractivity contribution >= 4 is 17.5 Å². The van der Waals surface area contributed by atoms with Gasteiger partial charge < -0.3 is 20.3 Å². The minimum atomic E-state index is -0.819. The summed E-state index contributed by atoms with van der Waals surface area (Å²) in [5.41, 5.74) is 2.02. The Kier molecular flexibility index (Phi) is 6.56. The van der Waals surface area contributed by atoms with Crippen molar-refractivity contribution < 1.29 is 14.3 Å². The van der Waals surface area contributed by atoms with Crippen molar-refractivity contribution in [1.82, 2.24) is 10.2 Å². The van der Waals surface area contributed by atoms with Gasteiger partial charge in [-0.1, -0.05) is 18.2 Å². The van der Waals surface area contributed by atoms with Gasteiger partial charge in [0.25, 0.3) is 5.91 Å². The van der Waals surface area contributed by atoms with E-state index in [1.165, 1.54) is 0 Å². The first-order valence-electron chi connectivity index (χ1n) is 8.85. The molecule has 1 aromatic rings. The zero-order valence-electron chi connectivity index (χ0n) is 15.6. The molecule has 2 amide bonds. The van der Waals surface area contributed by atoms with Crippen LogP contribution in [-0.4, -0.2) is 55.6 Å². The highest BCUT2D eigenvalue weighted by atomic mass is 16.5. The maximum atomic E-state index is 13.0. The molecule has 0 spiro atoms. The SMILES string of the molecule is CCN(CC(=O)Nc1c(C)cccc1C)C(=O)C1(OC)CCNCC1. The molecule has 0 aromatic heterocycles. The second-order valence-corrected chi connectivity index (χ2v) is 6.58. The molecule has 1 fully saturated rings. The Morgan fingerprint density at radius 1 is 1.24 bits per heavy atom. The fourth-order valence-corrected chi connectivity index (χ4v) is 3.32. The summed E-state index contributed by atoms with van der Waals surface area (Å²) in [5, 5.41) is 6.19. The van der Waals surface area contributed by atoms with Crippen molar-refractivity contribution in [1.29, 1.82) is 0 Å². The zero-order valence-corrected chi connectivity index (χ0v) is 15.6. The molecule has 2 rings (SSSR count). The van der Waals surface area contributed by atoms with E-state index in [0.717, 1.165) is 29.9 Å². The van der Waals surface area contributed by atoms with Crippen LogP contribution >= 0.6 is 0 Å². The average Bonchev–Trinajstić information content (AvgIpc) is 2.63. The van der Waals surface area contributed by atoms with Crippen molar-refractivity contribution in [2.45, 2.75) is 39.2 Å². The van der Waals surface area contributed by atoms with Gasteiger partial charge in [0.15, 0.2) is 0 Å². The highest BCUT2D eigenvalue weighted by Crippen LogP contribution is 2.25. The molecule has 1 aromatic carbocycles. The second-order valence-electron chi connectivity index (χ2n) is 6.58. The Bertz CT molecular complexity index is 604. The largest absolute Gasteiger partial charge is 0.368 e. The van der Waals surface area contributed by atoms with Crippen LogP contribution in [0.15, 0.2) is 18.2 Å². The molecule has 2 N–H and O–H groups in total. The predicted molar refractivity (Wildman–Crippen MR) is 98.6 cm³/mol. The normalized spacial score (nSPS) is 16.3. The van der Waals surface area contributed by atoms with E-state index in [2.05, 4.69) is 10.6 Å². The summed E-state index contributed by atoms with van der Waals surface area (Å²) in [4.78, 5) is 27.1. The lowest BCUT2D eigenvalue weighted by Crippen LogP contribution is -2.56. The van der Waals surface area contributed by atoms with E-state index in [9.17, 15) is 9.59 Å². The van der Waals surface area contributed by atoms with Crippen molar-refractivity contribution in [3.05, 3.63) is 29.3 Å². The van der Waals surface area contributed by atoms with E-state index >= 15 is 0 Å². The van der Waals surface area contributed by atoms with Crippen molar-refractivity contribution in [2.75, 3.05) is 38.6 Å². The van der Waals surface area contributed by atoms with Crippen LogP contribution in [0.2, 0.25) is 0 Å². The number of ether oxygens (including phenoxy) is 1. The van der Waals surface area contributed by atoms with Gasteiger partial charge in [-0.2, -0.15) is 0 Å². The number of carbonyl (C=O) groups is 2. The minimum absolute atomic E-state index is 0.0294. The van der Waals surface area contributed by atoms with Gasteiger partial charge in [0.2, 0.25) is 5.91 Å². The molecule has 0 saturated carbocycles. The molecule has 6 nitrogen and oxygen atoms in total. The molecule has 6 heteroatoms. The first kappa shape index (κ1) is 19.4. The average molecular weight is 347 g/mol. The molecule has 138 valence electrons. The maximum absolute atomic E-state index is 13.0. The van der Waals surface area contributed by atoms with Crippen LogP contribution in [0.25, 0.3) is 0 Å². The number of carbonyl (C=O) groups excluding carboxylic acids is 2. The molecule has 1 saturated heterocycles. The van der Waals surface area contributed by atoms with E-state index in [0.29, 0.717) is 19.4 Å². The predicted octanol–water partition coefficient (Wildman–Crippen LogP) is 1.86. The first-order chi connectivity index (χ1) is 11.9. The van der Waals surface area contributed by atoms with Gasteiger partial charge >= 0.3 is 0 Å². The Hall–Kier alpha value is -1.92. The monoisotopic (exact) mass is 347 g/mol. The molecule has 0 bridgehead atoms. The number of nitrogens with zero attached hydrogens (tertiary/aromatic N) is 1. The quantitative estimate of drug-likeness (QED) is 0.824. The lowest BCUT2D eigenvalue weighted by Gasteiger charge is -2.38. The molecule has 25 heavy (non-hydrogen) atoms. The fourth-order valence-electron chi connectivity index (χ4n) is 3.32. The standard InChI is InChI=1S/C19H29N3O3/c1-5-22(18(24)19(25-4)9-11-20-12-10-19)13-16(23)21-17-14(2)7-6-8-15(17)3/h6-8,20H,5,9-13H2,1-4H3,(H,21,23). The van der Waals surface area contributed by atoms with Gasteiger partial charge in [0.05, 0.1) is 6.54 Å². The summed E-state index contributed by atoms with van der Waals surface area (Å²) >= 11 is 0. The third-order valence-corrected chi connectivity index (χ3v) is 4.94. The van der Waals surface area contributed by atoms with Crippen LogP contribution in [0.5, 0.6) is 0 Å². The second kappa shape index (κ2) is 8.45. The van der Waals surface area contributed by atoms with Gasteiger partial charge in [-0.15, -0.1) is 0 Å². The van der Waals surface area contributed by atoms with Crippen molar-refractivity contribution in [2.24, 2.45) is 0 Å². The van der Waals surface area contributed by atoms with Gasteiger partial charge in [0, 0.05) is 19.3 Å².